The summed E-state index contributed by atoms with van der Waals surface area (Å²) < 4.78 is 5.18. The molecule has 0 bridgehead atoms. The van der Waals surface area contributed by atoms with Crippen molar-refractivity contribution in [1.82, 2.24) is 9.97 Å². The first-order valence-corrected chi connectivity index (χ1v) is 8.67. The largest absolute Gasteiger partial charge is 0.497 e. The fraction of sp³-hybridized carbons (Fsp3) is 0.0455. The smallest absolute Gasteiger partial charge is 0.255 e. The van der Waals surface area contributed by atoms with Crippen LogP contribution in [-0.4, -0.2) is 29.3 Å². The van der Waals surface area contributed by atoms with Crippen LogP contribution in [0.3, 0.4) is 0 Å². The van der Waals surface area contributed by atoms with Gasteiger partial charge in [0.05, 0.1) is 18.1 Å². The number of fused-ring (bicyclic) bond motifs is 1. The maximum Gasteiger partial charge on any atom is 0.255 e. The van der Waals surface area contributed by atoms with Gasteiger partial charge in [-0.05, 0) is 54.6 Å². The quantitative estimate of drug-likeness (QED) is 0.512. The van der Waals surface area contributed by atoms with Crippen LogP contribution in [0.15, 0.2) is 66.7 Å². The van der Waals surface area contributed by atoms with Gasteiger partial charge in [-0.15, -0.1) is 0 Å². The van der Waals surface area contributed by atoms with Crippen molar-refractivity contribution in [3.05, 3.63) is 77.9 Å². The molecule has 1 heterocycles. The summed E-state index contributed by atoms with van der Waals surface area (Å²) in [5, 5.41) is 2.86. The molecular formula is C22H17N3O3. The van der Waals surface area contributed by atoms with Crippen LogP contribution in [0.25, 0.3) is 22.4 Å². The maximum atomic E-state index is 12.4. The van der Waals surface area contributed by atoms with Crippen LogP contribution in [0.1, 0.15) is 20.7 Å². The van der Waals surface area contributed by atoms with E-state index in [0.717, 1.165) is 34.5 Å². The van der Waals surface area contributed by atoms with Gasteiger partial charge in [-0.2, -0.15) is 0 Å². The number of anilines is 1. The van der Waals surface area contributed by atoms with E-state index in [9.17, 15) is 9.59 Å². The summed E-state index contributed by atoms with van der Waals surface area (Å²) in [4.78, 5) is 31.0. The number of benzene rings is 3. The second-order valence-electron chi connectivity index (χ2n) is 6.24. The fourth-order valence-corrected chi connectivity index (χ4v) is 2.89. The zero-order valence-corrected chi connectivity index (χ0v) is 15.1. The lowest BCUT2D eigenvalue weighted by molar-refractivity contribution is 0.102. The molecule has 0 unspecified atom stereocenters. The lowest BCUT2D eigenvalue weighted by atomic mass is 10.1. The van der Waals surface area contributed by atoms with Crippen LogP contribution in [0.2, 0.25) is 0 Å². The molecule has 0 radical (unpaired) electrons. The Bertz CT molecular complexity index is 1150. The number of methoxy groups -OCH3 is 1. The van der Waals surface area contributed by atoms with Gasteiger partial charge in [-0.25, -0.2) is 4.98 Å². The van der Waals surface area contributed by atoms with Gasteiger partial charge in [0, 0.05) is 22.4 Å². The van der Waals surface area contributed by atoms with E-state index in [1.54, 1.807) is 37.4 Å². The van der Waals surface area contributed by atoms with E-state index in [1.165, 1.54) is 0 Å². The number of amides is 1. The van der Waals surface area contributed by atoms with E-state index in [2.05, 4.69) is 15.3 Å². The van der Waals surface area contributed by atoms with Crippen LogP contribution >= 0.6 is 0 Å². The van der Waals surface area contributed by atoms with Crippen molar-refractivity contribution in [2.45, 2.75) is 0 Å². The zero-order valence-electron chi connectivity index (χ0n) is 15.1. The van der Waals surface area contributed by atoms with Crippen LogP contribution in [0, 0.1) is 0 Å². The normalized spacial score (nSPS) is 10.6. The highest BCUT2D eigenvalue weighted by Gasteiger charge is 2.09. The average Bonchev–Trinajstić information content (AvgIpc) is 3.17. The van der Waals surface area contributed by atoms with Crippen LogP contribution in [-0.2, 0) is 0 Å². The number of hydrogen-bond donors (Lipinski definition) is 2. The Morgan fingerprint density at radius 1 is 1.04 bits per heavy atom. The molecule has 0 aliphatic carbocycles. The Morgan fingerprint density at radius 2 is 1.79 bits per heavy atom. The Labute approximate surface area is 161 Å². The van der Waals surface area contributed by atoms with E-state index >= 15 is 0 Å². The number of nitrogens with one attached hydrogen (secondary N) is 2. The third-order valence-electron chi connectivity index (χ3n) is 4.41. The predicted octanol–water partition coefficient (Wildman–Crippen LogP) is 4.30. The number of carbonyl (C=O) groups is 2. The van der Waals surface area contributed by atoms with Gasteiger partial charge in [-0.1, -0.05) is 12.1 Å². The first-order chi connectivity index (χ1) is 13.7. The van der Waals surface area contributed by atoms with E-state index in [1.807, 2.05) is 36.4 Å². The van der Waals surface area contributed by atoms with Gasteiger partial charge in [0.1, 0.15) is 17.9 Å². The van der Waals surface area contributed by atoms with Gasteiger partial charge in [0.15, 0.2) is 0 Å². The van der Waals surface area contributed by atoms with Crippen molar-refractivity contribution in [2.24, 2.45) is 0 Å². The molecule has 3 aromatic carbocycles. The second-order valence-corrected chi connectivity index (χ2v) is 6.24. The number of rotatable bonds is 5. The number of aromatic nitrogens is 2. The van der Waals surface area contributed by atoms with Crippen molar-refractivity contribution in [1.29, 1.82) is 0 Å². The molecule has 138 valence electrons. The minimum atomic E-state index is -0.244. The molecule has 28 heavy (non-hydrogen) atoms. The molecule has 0 spiro atoms. The predicted molar refractivity (Wildman–Crippen MR) is 108 cm³/mol. The highest BCUT2D eigenvalue weighted by Crippen LogP contribution is 2.24. The molecule has 6 nitrogen and oxygen atoms in total. The zero-order chi connectivity index (χ0) is 19.5. The Morgan fingerprint density at radius 3 is 2.46 bits per heavy atom. The van der Waals surface area contributed by atoms with E-state index in [4.69, 9.17) is 4.74 Å². The van der Waals surface area contributed by atoms with Crippen LogP contribution < -0.4 is 10.1 Å². The molecule has 0 saturated heterocycles. The summed E-state index contributed by atoms with van der Waals surface area (Å²) in [6.07, 6.45) is 0.744. The molecule has 1 amide bonds. The number of aldehydes is 1. The van der Waals surface area contributed by atoms with Crippen LogP contribution in [0.5, 0.6) is 5.75 Å². The number of carbonyl (C=O) groups excluding carboxylic acids is 2. The maximum absolute atomic E-state index is 12.4. The van der Waals surface area contributed by atoms with Crippen molar-refractivity contribution in [2.75, 3.05) is 12.4 Å². The summed E-state index contributed by atoms with van der Waals surface area (Å²) in [6.45, 7) is 0. The number of ether oxygens (including phenoxy) is 1. The van der Waals surface area contributed by atoms with Gasteiger partial charge in [-0.3, -0.25) is 9.59 Å². The number of aromatic amines is 1. The Balaban J connectivity index is 1.56. The van der Waals surface area contributed by atoms with E-state index in [-0.39, 0.29) is 5.91 Å². The first kappa shape index (κ1) is 17.5. The summed E-state index contributed by atoms with van der Waals surface area (Å²) in [6, 6.07) is 19.6. The third kappa shape index (κ3) is 3.48. The standard InChI is InChI=1S/C22H17N3O3/c1-28-18-9-6-15(7-10-18)21-24-19-11-8-17(12-20(19)25-21)23-22(27)16-4-2-14(13-26)3-5-16/h2-13H,1H3,(H,23,27)(H,24,25). The minimum Gasteiger partial charge on any atom is -0.497 e. The second kappa shape index (κ2) is 7.36. The lowest BCUT2D eigenvalue weighted by Crippen LogP contribution is -2.11. The molecule has 0 saturated carbocycles. The van der Waals surface area contributed by atoms with E-state index < -0.39 is 0 Å². The summed E-state index contributed by atoms with van der Waals surface area (Å²) in [5.74, 6) is 1.28. The highest BCUT2D eigenvalue weighted by molar-refractivity contribution is 6.05. The molecular weight excluding hydrogens is 354 g/mol. The molecule has 0 aliphatic heterocycles. The lowest BCUT2D eigenvalue weighted by Gasteiger charge is -2.05. The number of imidazole rings is 1. The first-order valence-electron chi connectivity index (χ1n) is 8.67. The van der Waals surface area contributed by atoms with Gasteiger partial charge >= 0.3 is 0 Å². The monoisotopic (exact) mass is 371 g/mol. The highest BCUT2D eigenvalue weighted by atomic mass is 16.5. The summed E-state index contributed by atoms with van der Waals surface area (Å²) >= 11 is 0. The minimum absolute atomic E-state index is 0.244. The van der Waals surface area contributed by atoms with Crippen molar-refractivity contribution >= 4 is 28.9 Å². The average molecular weight is 371 g/mol. The Kier molecular flexibility index (Phi) is 4.60. The topological polar surface area (TPSA) is 84.1 Å². The van der Waals surface area contributed by atoms with Gasteiger partial charge < -0.3 is 15.0 Å². The van der Waals surface area contributed by atoms with E-state index in [0.29, 0.717) is 16.8 Å². The number of hydrogen-bond acceptors (Lipinski definition) is 4. The summed E-state index contributed by atoms with van der Waals surface area (Å²) in [5.41, 5.74) is 4.23. The molecule has 6 heteroatoms. The fourth-order valence-electron chi connectivity index (χ4n) is 2.89. The molecule has 2 N–H and O–H groups in total. The van der Waals surface area contributed by atoms with Gasteiger partial charge in [0.2, 0.25) is 0 Å². The SMILES string of the molecule is COc1ccc(-c2nc3ccc(NC(=O)c4ccc(C=O)cc4)cc3[nH]2)cc1. The van der Waals surface area contributed by atoms with Gasteiger partial charge in [0.25, 0.3) is 5.91 Å². The molecule has 0 atom stereocenters. The Hall–Kier alpha value is -3.93. The molecule has 0 aliphatic rings. The molecule has 4 aromatic rings. The van der Waals surface area contributed by atoms with Crippen LogP contribution in [0.4, 0.5) is 5.69 Å². The molecule has 4 rings (SSSR count). The molecule has 1 aromatic heterocycles. The third-order valence-corrected chi connectivity index (χ3v) is 4.41. The van der Waals surface area contributed by atoms with Crippen molar-refractivity contribution in [3.63, 3.8) is 0 Å². The number of H-pyrrole nitrogens is 1. The summed E-state index contributed by atoms with van der Waals surface area (Å²) in [7, 11) is 1.63. The molecule has 0 fully saturated rings. The van der Waals surface area contributed by atoms with Crippen molar-refractivity contribution < 1.29 is 14.3 Å². The van der Waals surface area contributed by atoms with Crippen molar-refractivity contribution in [3.8, 4) is 17.1 Å². The number of nitrogens with zero attached hydrogens (tertiary/aromatic N) is 1.